The average Bonchev–Trinajstić information content (AvgIpc) is 2.45. The third-order valence-electron chi connectivity index (χ3n) is 2.89. The lowest BCUT2D eigenvalue weighted by Crippen LogP contribution is -2.27. The molecule has 1 atom stereocenters. The average molecular weight is 277 g/mol. The van der Waals surface area contributed by atoms with Gasteiger partial charge in [0.1, 0.15) is 17.3 Å². The topological polar surface area (TPSA) is 68.0 Å². The van der Waals surface area contributed by atoms with Gasteiger partial charge in [0.2, 0.25) is 0 Å². The molecule has 0 spiro atoms. The predicted octanol–water partition coefficient (Wildman–Crippen LogP) is 2.43. The molecule has 4 nitrogen and oxygen atoms in total. The summed E-state index contributed by atoms with van der Waals surface area (Å²) in [6, 6.07) is 5.00. The number of halogens is 2. The fraction of sp³-hybridized carbons (Fsp3) is 0.143. The van der Waals surface area contributed by atoms with Crippen molar-refractivity contribution >= 4 is 11.6 Å². The Morgan fingerprint density at radius 3 is 2.35 bits per heavy atom. The second-order valence-corrected chi connectivity index (χ2v) is 4.33. The molecule has 0 saturated heterocycles. The summed E-state index contributed by atoms with van der Waals surface area (Å²) in [5.41, 5.74) is 5.28. The van der Waals surface area contributed by atoms with Gasteiger partial charge in [0.25, 0.3) is 5.91 Å². The number of nitrogens with two attached hydrogens (primary N) is 1. The molecule has 1 heterocycles. The van der Waals surface area contributed by atoms with E-state index >= 15 is 0 Å². The summed E-state index contributed by atoms with van der Waals surface area (Å²) in [6.07, 6.45) is 3.20. The van der Waals surface area contributed by atoms with Crippen LogP contribution in [0, 0.1) is 11.6 Å². The van der Waals surface area contributed by atoms with Gasteiger partial charge in [-0.2, -0.15) is 0 Å². The van der Waals surface area contributed by atoms with Crippen LogP contribution in [0.2, 0.25) is 0 Å². The quantitative estimate of drug-likeness (QED) is 0.847. The zero-order chi connectivity index (χ0) is 14.7. The lowest BCUT2D eigenvalue weighted by atomic mass is 10.1. The molecule has 104 valence electrons. The zero-order valence-electron chi connectivity index (χ0n) is 10.7. The Kier molecular flexibility index (Phi) is 3.93. The van der Waals surface area contributed by atoms with E-state index in [0.29, 0.717) is 0 Å². The fourth-order valence-corrected chi connectivity index (χ4v) is 1.73. The normalized spacial score (nSPS) is 11.9. The number of rotatable bonds is 3. The molecule has 3 N–H and O–H groups in total. The Bertz CT molecular complexity index is 609. The highest BCUT2D eigenvalue weighted by atomic mass is 19.1. The van der Waals surface area contributed by atoms with Gasteiger partial charge in [-0.05, 0) is 36.8 Å². The molecule has 1 unspecified atom stereocenters. The maximum atomic E-state index is 13.3. The van der Waals surface area contributed by atoms with E-state index in [0.717, 1.165) is 17.7 Å². The van der Waals surface area contributed by atoms with Crippen LogP contribution in [0.15, 0.2) is 36.7 Å². The van der Waals surface area contributed by atoms with Crippen molar-refractivity contribution in [1.82, 2.24) is 10.3 Å². The van der Waals surface area contributed by atoms with Gasteiger partial charge in [0.05, 0.1) is 6.04 Å². The van der Waals surface area contributed by atoms with Crippen molar-refractivity contribution in [2.24, 2.45) is 0 Å². The van der Waals surface area contributed by atoms with Crippen LogP contribution >= 0.6 is 0 Å². The summed E-state index contributed by atoms with van der Waals surface area (Å²) < 4.78 is 26.6. The van der Waals surface area contributed by atoms with Gasteiger partial charge >= 0.3 is 0 Å². The molecule has 0 aliphatic heterocycles. The molecular weight excluding hydrogens is 264 g/mol. The number of nitrogens with one attached hydrogen (secondary N) is 1. The number of carbonyl (C=O) groups is 1. The highest BCUT2D eigenvalue weighted by molar-refractivity contribution is 5.94. The molecule has 0 bridgehead atoms. The number of nitrogen functional groups attached to an aromatic ring is 1. The molecule has 1 aromatic carbocycles. The smallest absolute Gasteiger partial charge is 0.251 e. The molecule has 0 radical (unpaired) electrons. The van der Waals surface area contributed by atoms with Crippen LogP contribution < -0.4 is 11.1 Å². The third kappa shape index (κ3) is 2.90. The standard InChI is InChI=1S/C14H13F2N3O/c1-8(9-2-4-18-5-3-9)19-14(20)10-6-11(15)13(17)12(16)7-10/h2-8H,17H2,1H3,(H,19,20). The minimum absolute atomic E-state index is 0.116. The molecule has 0 saturated carbocycles. The first-order chi connectivity index (χ1) is 9.49. The molecule has 2 rings (SSSR count). The second-order valence-electron chi connectivity index (χ2n) is 4.33. The van der Waals surface area contributed by atoms with E-state index in [1.165, 1.54) is 0 Å². The van der Waals surface area contributed by atoms with Gasteiger partial charge in [-0.3, -0.25) is 9.78 Å². The summed E-state index contributed by atoms with van der Waals surface area (Å²) >= 11 is 0. The molecular formula is C14H13F2N3O. The van der Waals surface area contributed by atoms with Crippen molar-refractivity contribution in [3.63, 3.8) is 0 Å². The minimum atomic E-state index is -0.952. The molecule has 0 aliphatic carbocycles. The Hall–Kier alpha value is -2.50. The zero-order valence-corrected chi connectivity index (χ0v) is 10.7. The first-order valence-corrected chi connectivity index (χ1v) is 5.94. The van der Waals surface area contributed by atoms with Crippen LogP contribution in [0.5, 0.6) is 0 Å². The van der Waals surface area contributed by atoms with Crippen LogP contribution in [0.3, 0.4) is 0 Å². The summed E-state index contributed by atoms with van der Waals surface area (Å²) in [4.78, 5) is 15.8. The molecule has 0 aliphatic rings. The lowest BCUT2D eigenvalue weighted by Gasteiger charge is -2.14. The van der Waals surface area contributed by atoms with Crippen molar-refractivity contribution in [3.05, 3.63) is 59.4 Å². The van der Waals surface area contributed by atoms with E-state index in [4.69, 9.17) is 5.73 Å². The van der Waals surface area contributed by atoms with E-state index in [9.17, 15) is 13.6 Å². The number of amides is 1. The van der Waals surface area contributed by atoms with Crippen molar-refractivity contribution in [3.8, 4) is 0 Å². The largest absolute Gasteiger partial charge is 0.394 e. The van der Waals surface area contributed by atoms with Gasteiger partial charge in [-0.25, -0.2) is 8.78 Å². The number of hydrogen-bond acceptors (Lipinski definition) is 3. The molecule has 6 heteroatoms. The van der Waals surface area contributed by atoms with Crippen molar-refractivity contribution < 1.29 is 13.6 Å². The summed E-state index contributed by atoms with van der Waals surface area (Å²) in [5.74, 6) is -2.48. The Morgan fingerprint density at radius 1 is 1.25 bits per heavy atom. The minimum Gasteiger partial charge on any atom is -0.394 e. The van der Waals surface area contributed by atoms with E-state index < -0.39 is 23.2 Å². The number of anilines is 1. The highest BCUT2D eigenvalue weighted by Crippen LogP contribution is 2.18. The lowest BCUT2D eigenvalue weighted by molar-refractivity contribution is 0.0939. The maximum absolute atomic E-state index is 13.3. The van der Waals surface area contributed by atoms with E-state index in [1.54, 1.807) is 31.5 Å². The number of pyridine rings is 1. The maximum Gasteiger partial charge on any atom is 0.251 e. The second kappa shape index (κ2) is 5.64. The fourth-order valence-electron chi connectivity index (χ4n) is 1.73. The number of hydrogen-bond donors (Lipinski definition) is 2. The molecule has 20 heavy (non-hydrogen) atoms. The first-order valence-electron chi connectivity index (χ1n) is 5.94. The van der Waals surface area contributed by atoms with Crippen LogP contribution in [-0.4, -0.2) is 10.9 Å². The molecule has 0 fully saturated rings. The van der Waals surface area contributed by atoms with Crippen LogP contribution in [0.1, 0.15) is 28.9 Å². The summed E-state index contributed by atoms with van der Waals surface area (Å²) in [5, 5.41) is 2.65. The van der Waals surface area contributed by atoms with Gasteiger partial charge in [-0.15, -0.1) is 0 Å². The summed E-state index contributed by atoms with van der Waals surface area (Å²) in [6.45, 7) is 1.76. The Labute approximate surface area is 114 Å². The van der Waals surface area contributed by atoms with E-state index in [1.807, 2.05) is 0 Å². The van der Waals surface area contributed by atoms with Crippen LogP contribution in [0.25, 0.3) is 0 Å². The number of carbonyl (C=O) groups excluding carboxylic acids is 1. The van der Waals surface area contributed by atoms with Crippen molar-refractivity contribution in [2.45, 2.75) is 13.0 Å². The molecule has 2 aromatic rings. The number of benzene rings is 1. The summed E-state index contributed by atoms with van der Waals surface area (Å²) in [7, 11) is 0. The first kappa shape index (κ1) is 13.9. The predicted molar refractivity (Wildman–Crippen MR) is 70.9 cm³/mol. The monoisotopic (exact) mass is 277 g/mol. The van der Waals surface area contributed by atoms with Gasteiger partial charge in [0, 0.05) is 18.0 Å². The van der Waals surface area contributed by atoms with E-state index in [-0.39, 0.29) is 11.6 Å². The number of nitrogens with zero attached hydrogens (tertiary/aromatic N) is 1. The van der Waals surface area contributed by atoms with Gasteiger partial charge < -0.3 is 11.1 Å². The van der Waals surface area contributed by atoms with Gasteiger partial charge in [-0.1, -0.05) is 0 Å². The molecule has 1 amide bonds. The van der Waals surface area contributed by atoms with Gasteiger partial charge in [0.15, 0.2) is 0 Å². The SMILES string of the molecule is CC(NC(=O)c1cc(F)c(N)c(F)c1)c1ccncc1. The Balaban J connectivity index is 2.17. The highest BCUT2D eigenvalue weighted by Gasteiger charge is 2.15. The third-order valence-corrected chi connectivity index (χ3v) is 2.89. The van der Waals surface area contributed by atoms with Crippen LogP contribution in [-0.2, 0) is 0 Å². The van der Waals surface area contributed by atoms with Crippen LogP contribution in [0.4, 0.5) is 14.5 Å². The Morgan fingerprint density at radius 2 is 1.80 bits per heavy atom. The molecule has 1 aromatic heterocycles. The van der Waals surface area contributed by atoms with E-state index in [2.05, 4.69) is 10.3 Å². The number of aromatic nitrogens is 1. The van der Waals surface area contributed by atoms with Crippen molar-refractivity contribution in [1.29, 1.82) is 0 Å². The van der Waals surface area contributed by atoms with Crippen molar-refractivity contribution in [2.75, 3.05) is 5.73 Å².